The molecule has 88 valence electrons. The molecular weight excluding hydrogens is 232 g/mol. The molecule has 0 aromatic heterocycles. The molecule has 0 heterocycles. The Morgan fingerprint density at radius 3 is 2.18 bits per heavy atom. The van der Waals surface area contributed by atoms with Gasteiger partial charge in [-0.25, -0.2) is 8.42 Å². The van der Waals surface area contributed by atoms with E-state index in [4.69, 9.17) is 0 Å². The summed E-state index contributed by atoms with van der Waals surface area (Å²) in [5.74, 6) is 0. The quantitative estimate of drug-likeness (QED) is 0.815. The molecule has 0 aliphatic heterocycles. The Balaban J connectivity index is 2.64. The normalized spacial score (nSPS) is 11.4. The number of benzene rings is 2. The Labute approximate surface area is 102 Å². The number of sulfone groups is 1. The number of aryl methyl sites for hydroxylation is 2. The van der Waals surface area contributed by atoms with Crippen molar-refractivity contribution in [2.24, 2.45) is 0 Å². The zero-order valence-corrected chi connectivity index (χ0v) is 10.7. The summed E-state index contributed by atoms with van der Waals surface area (Å²) in [5, 5.41) is 0. The van der Waals surface area contributed by atoms with Crippen LogP contribution in [0.2, 0.25) is 0 Å². The fraction of sp³-hybridized carbons (Fsp3) is 0.143. The van der Waals surface area contributed by atoms with E-state index in [1.165, 1.54) is 0 Å². The van der Waals surface area contributed by atoms with E-state index in [2.05, 4.69) is 0 Å². The van der Waals surface area contributed by atoms with E-state index in [9.17, 15) is 8.42 Å². The molecular formula is C14H14O2S. The van der Waals surface area contributed by atoms with E-state index in [0.717, 1.165) is 11.1 Å². The molecule has 0 saturated carbocycles. The van der Waals surface area contributed by atoms with Crippen LogP contribution in [0.4, 0.5) is 0 Å². The van der Waals surface area contributed by atoms with Crippen molar-refractivity contribution in [3.63, 3.8) is 0 Å². The number of hydrogen-bond acceptors (Lipinski definition) is 2. The summed E-state index contributed by atoms with van der Waals surface area (Å²) in [7, 11) is -3.39. The lowest BCUT2D eigenvalue weighted by Gasteiger charge is -2.08. The van der Waals surface area contributed by atoms with Crippen LogP contribution in [0.5, 0.6) is 0 Å². The van der Waals surface area contributed by atoms with Gasteiger partial charge in [-0.05, 0) is 43.2 Å². The predicted molar refractivity (Wildman–Crippen MR) is 67.8 cm³/mol. The van der Waals surface area contributed by atoms with Gasteiger partial charge < -0.3 is 0 Å². The van der Waals surface area contributed by atoms with E-state index in [-0.39, 0.29) is 0 Å². The summed E-state index contributed by atoms with van der Waals surface area (Å²) in [5.41, 5.74) is 1.73. The summed E-state index contributed by atoms with van der Waals surface area (Å²) in [4.78, 5) is 0.734. The van der Waals surface area contributed by atoms with Crippen molar-refractivity contribution in [1.29, 1.82) is 0 Å². The van der Waals surface area contributed by atoms with Crippen LogP contribution >= 0.6 is 0 Å². The van der Waals surface area contributed by atoms with Gasteiger partial charge in [-0.1, -0.05) is 30.3 Å². The molecule has 3 heteroatoms. The van der Waals surface area contributed by atoms with E-state index in [1.54, 1.807) is 30.3 Å². The first-order valence-electron chi connectivity index (χ1n) is 5.39. The first-order valence-corrected chi connectivity index (χ1v) is 6.87. The second-order valence-electron chi connectivity index (χ2n) is 4.09. The van der Waals surface area contributed by atoms with Gasteiger partial charge in [0, 0.05) is 0 Å². The topological polar surface area (TPSA) is 34.1 Å². The SMILES string of the molecule is Cc1ccc(C)c(S(=O)(=O)c2ccccc2)c1. The van der Waals surface area contributed by atoms with Crippen molar-refractivity contribution in [2.45, 2.75) is 23.6 Å². The van der Waals surface area contributed by atoms with Gasteiger partial charge in [-0.3, -0.25) is 0 Å². The number of hydrogen-bond donors (Lipinski definition) is 0. The zero-order valence-electron chi connectivity index (χ0n) is 9.84. The third kappa shape index (κ3) is 2.24. The zero-order chi connectivity index (χ0) is 12.5. The first kappa shape index (κ1) is 11.9. The molecule has 2 aromatic rings. The maximum atomic E-state index is 12.4. The summed E-state index contributed by atoms with van der Waals surface area (Å²) in [6.07, 6.45) is 0. The average Bonchev–Trinajstić information content (AvgIpc) is 2.33. The first-order chi connectivity index (χ1) is 8.01. The molecule has 0 N–H and O–H groups in total. The molecule has 0 atom stereocenters. The van der Waals surface area contributed by atoms with Crippen LogP contribution in [0.3, 0.4) is 0 Å². The van der Waals surface area contributed by atoms with Crippen LogP contribution in [0.25, 0.3) is 0 Å². The molecule has 0 spiro atoms. The second-order valence-corrected chi connectivity index (χ2v) is 6.00. The minimum atomic E-state index is -3.39. The highest BCUT2D eigenvalue weighted by Crippen LogP contribution is 2.24. The number of rotatable bonds is 2. The van der Waals surface area contributed by atoms with Crippen molar-refractivity contribution in [3.8, 4) is 0 Å². The Kier molecular flexibility index (Phi) is 3.03. The molecule has 0 saturated heterocycles. The van der Waals surface area contributed by atoms with Crippen LogP contribution in [0.1, 0.15) is 11.1 Å². The van der Waals surface area contributed by atoms with E-state index in [1.807, 2.05) is 32.0 Å². The summed E-state index contributed by atoms with van der Waals surface area (Å²) in [6, 6.07) is 14.0. The molecule has 0 amide bonds. The molecule has 2 nitrogen and oxygen atoms in total. The van der Waals surface area contributed by atoms with Gasteiger partial charge in [0.15, 0.2) is 0 Å². The molecule has 0 aliphatic rings. The van der Waals surface area contributed by atoms with E-state index in [0.29, 0.717) is 9.79 Å². The predicted octanol–water partition coefficient (Wildman–Crippen LogP) is 3.14. The van der Waals surface area contributed by atoms with Gasteiger partial charge in [-0.2, -0.15) is 0 Å². The highest BCUT2D eigenvalue weighted by Gasteiger charge is 2.19. The molecule has 17 heavy (non-hydrogen) atoms. The maximum absolute atomic E-state index is 12.4. The van der Waals surface area contributed by atoms with Crippen LogP contribution < -0.4 is 0 Å². The molecule has 2 rings (SSSR count). The molecule has 0 aliphatic carbocycles. The Hall–Kier alpha value is -1.61. The lowest BCUT2D eigenvalue weighted by atomic mass is 10.2. The standard InChI is InChI=1S/C14H14O2S/c1-11-8-9-12(2)14(10-11)17(15,16)13-6-4-3-5-7-13/h3-10H,1-2H3. The van der Waals surface area contributed by atoms with E-state index >= 15 is 0 Å². The van der Waals surface area contributed by atoms with Gasteiger partial charge in [0.1, 0.15) is 0 Å². The largest absolute Gasteiger partial charge is 0.219 e. The molecule has 0 bridgehead atoms. The minimum absolute atomic E-state index is 0.341. The summed E-state index contributed by atoms with van der Waals surface area (Å²) < 4.78 is 24.8. The van der Waals surface area contributed by atoms with Gasteiger partial charge in [0.05, 0.1) is 9.79 Å². The third-order valence-electron chi connectivity index (χ3n) is 2.69. The lowest BCUT2D eigenvalue weighted by molar-refractivity contribution is 0.595. The Bertz CT molecular complexity index is 629. The minimum Gasteiger partial charge on any atom is -0.219 e. The molecule has 0 fully saturated rings. The second kappa shape index (κ2) is 4.34. The van der Waals surface area contributed by atoms with Crippen molar-refractivity contribution >= 4 is 9.84 Å². The molecule has 0 radical (unpaired) electrons. The smallest absolute Gasteiger partial charge is 0.206 e. The highest BCUT2D eigenvalue weighted by molar-refractivity contribution is 7.91. The van der Waals surface area contributed by atoms with Crippen molar-refractivity contribution < 1.29 is 8.42 Å². The van der Waals surface area contributed by atoms with Crippen molar-refractivity contribution in [1.82, 2.24) is 0 Å². The van der Waals surface area contributed by atoms with E-state index < -0.39 is 9.84 Å². The van der Waals surface area contributed by atoms with Crippen LogP contribution in [-0.2, 0) is 9.84 Å². The molecule has 2 aromatic carbocycles. The van der Waals surface area contributed by atoms with Crippen molar-refractivity contribution in [2.75, 3.05) is 0 Å². The average molecular weight is 246 g/mol. The lowest BCUT2D eigenvalue weighted by Crippen LogP contribution is -2.04. The summed E-state index contributed by atoms with van der Waals surface area (Å²) >= 11 is 0. The van der Waals surface area contributed by atoms with Gasteiger partial charge >= 0.3 is 0 Å². The summed E-state index contributed by atoms with van der Waals surface area (Å²) in [6.45, 7) is 3.71. The monoisotopic (exact) mass is 246 g/mol. The highest BCUT2D eigenvalue weighted by atomic mass is 32.2. The maximum Gasteiger partial charge on any atom is 0.206 e. The fourth-order valence-corrected chi connectivity index (χ4v) is 3.33. The Morgan fingerprint density at radius 1 is 0.882 bits per heavy atom. The van der Waals surface area contributed by atoms with Gasteiger partial charge in [-0.15, -0.1) is 0 Å². The van der Waals surface area contributed by atoms with Crippen LogP contribution in [0, 0.1) is 13.8 Å². The molecule has 0 unspecified atom stereocenters. The fourth-order valence-electron chi connectivity index (χ4n) is 1.72. The third-order valence-corrected chi connectivity index (χ3v) is 4.60. The van der Waals surface area contributed by atoms with Crippen molar-refractivity contribution in [3.05, 3.63) is 59.7 Å². The van der Waals surface area contributed by atoms with Gasteiger partial charge in [0.2, 0.25) is 9.84 Å². The van der Waals surface area contributed by atoms with Crippen LogP contribution in [-0.4, -0.2) is 8.42 Å². The van der Waals surface area contributed by atoms with Gasteiger partial charge in [0.25, 0.3) is 0 Å². The van der Waals surface area contributed by atoms with Crippen LogP contribution in [0.15, 0.2) is 58.3 Å². The Morgan fingerprint density at radius 2 is 1.53 bits per heavy atom.